The van der Waals surface area contributed by atoms with E-state index in [1.165, 1.54) is 6.07 Å². The summed E-state index contributed by atoms with van der Waals surface area (Å²) in [5, 5.41) is 0.192. The third-order valence-corrected chi connectivity index (χ3v) is 5.53. The van der Waals surface area contributed by atoms with Crippen molar-refractivity contribution in [3.8, 4) is 11.1 Å². The van der Waals surface area contributed by atoms with Crippen molar-refractivity contribution in [2.45, 2.75) is 6.42 Å². The van der Waals surface area contributed by atoms with Crippen molar-refractivity contribution in [2.75, 3.05) is 6.61 Å². The lowest BCUT2D eigenvalue weighted by atomic mass is 9.93. The Morgan fingerprint density at radius 3 is 2.03 bits per heavy atom. The van der Waals surface area contributed by atoms with Gasteiger partial charge in [-0.05, 0) is 51.6 Å². The maximum absolute atomic E-state index is 9.06. The highest BCUT2D eigenvalue weighted by Crippen LogP contribution is 2.33. The Kier molecular flexibility index (Phi) is 4.51. The van der Waals surface area contributed by atoms with Crippen molar-refractivity contribution in [3.63, 3.8) is 0 Å². The molecule has 1 heterocycles. The van der Waals surface area contributed by atoms with Crippen LogP contribution >= 0.6 is 0 Å². The van der Waals surface area contributed by atoms with E-state index in [9.17, 15) is 0 Å². The summed E-state index contributed by atoms with van der Waals surface area (Å²) < 4.78 is 83.2. The van der Waals surface area contributed by atoms with Gasteiger partial charge in [0.1, 0.15) is 12.4 Å². The average molecular weight is 462 g/mol. The van der Waals surface area contributed by atoms with Crippen molar-refractivity contribution in [2.24, 2.45) is 0 Å². The van der Waals surface area contributed by atoms with Crippen molar-refractivity contribution in [1.29, 1.82) is 0 Å². The van der Waals surface area contributed by atoms with E-state index in [-0.39, 0.29) is 34.0 Å². The highest BCUT2D eigenvalue weighted by molar-refractivity contribution is 6.01. The zero-order chi connectivity index (χ0) is 31.5. The highest BCUT2D eigenvalue weighted by atomic mass is 16.5. The molecular formula is C34H28O. The number of rotatable bonds is 3. The summed E-state index contributed by atoms with van der Waals surface area (Å²) in [6.07, 6.45) is 7.82. The molecule has 0 bridgehead atoms. The number of allylic oxidation sites excluding steroid dienone is 4. The smallest absolute Gasteiger partial charge is 0.123 e. The number of hydrogen-bond acceptors (Lipinski definition) is 1. The van der Waals surface area contributed by atoms with Gasteiger partial charge < -0.3 is 4.74 Å². The predicted molar refractivity (Wildman–Crippen MR) is 149 cm³/mol. The van der Waals surface area contributed by atoms with Crippen LogP contribution in [0.4, 0.5) is 0 Å². The van der Waals surface area contributed by atoms with Crippen LogP contribution in [0.2, 0.25) is 0 Å². The second-order valence-corrected chi connectivity index (χ2v) is 7.75. The van der Waals surface area contributed by atoms with E-state index in [0.29, 0.717) is 24.4 Å². The maximum Gasteiger partial charge on any atom is 0.123 e. The van der Waals surface area contributed by atoms with Crippen molar-refractivity contribution in [3.05, 3.63) is 157 Å². The molecule has 170 valence electrons. The molecule has 35 heavy (non-hydrogen) atoms. The summed E-state index contributed by atoms with van der Waals surface area (Å²) >= 11 is 0. The quantitative estimate of drug-likeness (QED) is 0.296. The summed E-state index contributed by atoms with van der Waals surface area (Å²) in [6, 6.07) is 15.6. The van der Waals surface area contributed by atoms with Gasteiger partial charge >= 0.3 is 0 Å². The summed E-state index contributed by atoms with van der Waals surface area (Å²) in [7, 11) is 0. The molecule has 4 aromatic rings. The van der Waals surface area contributed by atoms with Crippen LogP contribution in [0.25, 0.3) is 33.2 Å². The molecule has 1 heteroatoms. The molecule has 1 nitrogen and oxygen atoms in total. The lowest BCUT2D eigenvalue weighted by Crippen LogP contribution is -1.92. The number of ether oxygens (including phenoxy) is 1. The molecule has 0 saturated carbocycles. The Labute approximate surface area is 220 Å². The van der Waals surface area contributed by atoms with Crippen molar-refractivity contribution in [1.82, 2.24) is 0 Å². The van der Waals surface area contributed by atoms with Gasteiger partial charge in [-0.15, -0.1) is 0 Å². The minimum Gasteiger partial charge on any atom is -0.489 e. The maximum atomic E-state index is 9.06. The lowest BCUT2D eigenvalue weighted by Gasteiger charge is -2.12. The number of benzene rings is 3. The number of fused-ring (bicyclic) bond motifs is 1. The second kappa shape index (κ2) is 11.2. The summed E-state index contributed by atoms with van der Waals surface area (Å²) in [6.45, 7) is 0.326. The van der Waals surface area contributed by atoms with Gasteiger partial charge in [0.15, 0.2) is 0 Å². The molecule has 0 unspecified atom stereocenters. The van der Waals surface area contributed by atoms with E-state index >= 15 is 0 Å². The first kappa shape index (κ1) is 14.1. The molecule has 4 aromatic carbocycles. The standard InChI is InChI=1S/C34H28O/c1-2-10-21-31(28-17-13-14-26-35-34(25-24-28)29-18-7-4-8-19-29)33-23-12-11-22-32(33)30(20-9-1)27-15-5-3-6-16-27/h1-23,25H,24,26H2/b2-1?,9-1?,10-2?,14-13-,20-9?,21-10?,28-17+,30-20?,31-21?,32-30?,33-31?,34-25-/i3D,5D,6D,11D,12D,15D,16D,22D,23D. The van der Waals surface area contributed by atoms with Gasteiger partial charge in [-0.3, -0.25) is 0 Å². The van der Waals surface area contributed by atoms with E-state index < -0.39 is 42.3 Å². The zero-order valence-electron chi connectivity index (χ0n) is 28.0. The summed E-state index contributed by atoms with van der Waals surface area (Å²) in [5.41, 5.74) is 2.04. The minimum absolute atomic E-state index is 0.0361. The molecule has 5 rings (SSSR count). The predicted octanol–water partition coefficient (Wildman–Crippen LogP) is 9.03. The van der Waals surface area contributed by atoms with Crippen LogP contribution < -0.4 is 0 Å². The fourth-order valence-corrected chi connectivity index (χ4v) is 3.89. The second-order valence-electron chi connectivity index (χ2n) is 7.75. The molecule has 0 amide bonds. The Balaban J connectivity index is 1.94. The van der Waals surface area contributed by atoms with Gasteiger partial charge in [-0.2, -0.15) is 0 Å². The van der Waals surface area contributed by atoms with Gasteiger partial charge in [0.2, 0.25) is 0 Å². The first-order valence-electron chi connectivity index (χ1n) is 15.8. The third-order valence-electron chi connectivity index (χ3n) is 5.53. The lowest BCUT2D eigenvalue weighted by molar-refractivity contribution is 0.319. The third kappa shape index (κ3) is 5.42. The fourth-order valence-electron chi connectivity index (χ4n) is 3.89. The highest BCUT2D eigenvalue weighted by Gasteiger charge is 2.09. The first-order valence-corrected chi connectivity index (χ1v) is 11.3. The van der Waals surface area contributed by atoms with Crippen LogP contribution in [0.1, 0.15) is 29.9 Å². The van der Waals surface area contributed by atoms with E-state index in [4.69, 9.17) is 17.1 Å². The molecule has 0 atom stereocenters. The zero-order valence-corrected chi connectivity index (χ0v) is 19.0. The van der Waals surface area contributed by atoms with Crippen LogP contribution in [0, 0.1) is 0 Å². The molecule has 1 aliphatic rings. The van der Waals surface area contributed by atoms with E-state index in [2.05, 4.69) is 0 Å². The molecule has 0 saturated heterocycles. The molecule has 0 aromatic heterocycles. The van der Waals surface area contributed by atoms with E-state index in [0.717, 1.165) is 11.1 Å². The molecular weight excluding hydrogens is 424 g/mol. The Hall–Kier alpha value is -4.36. The SMILES string of the molecule is [2H]c1c([2H])c([2H])c(-c2ccccccc(/C3=C/C=C\CO/C(c4ccccc4)=C\C3)c3c([2H])c([2H])c([2H])c([2H])c23)c([2H])c1[2H]. The molecule has 0 N–H and O–H groups in total. The largest absolute Gasteiger partial charge is 0.489 e. The molecule has 0 radical (unpaired) electrons. The summed E-state index contributed by atoms with van der Waals surface area (Å²) in [4.78, 5) is 0. The van der Waals surface area contributed by atoms with Crippen molar-refractivity contribution < 1.29 is 17.1 Å². The van der Waals surface area contributed by atoms with Crippen LogP contribution in [-0.4, -0.2) is 6.61 Å². The summed E-state index contributed by atoms with van der Waals surface area (Å²) in [5.74, 6) is 0.664. The topological polar surface area (TPSA) is 9.23 Å². The molecule has 0 fully saturated rings. The van der Waals surface area contributed by atoms with Crippen LogP contribution in [0.15, 0.2) is 145 Å². The van der Waals surface area contributed by atoms with E-state index in [1.54, 1.807) is 30.3 Å². The van der Waals surface area contributed by atoms with Crippen LogP contribution in [-0.2, 0) is 4.74 Å². The van der Waals surface area contributed by atoms with Gasteiger partial charge in [0.05, 0.1) is 12.3 Å². The Bertz CT molecular complexity index is 1900. The monoisotopic (exact) mass is 461 g/mol. The van der Waals surface area contributed by atoms with Gasteiger partial charge in [0, 0.05) is 5.56 Å². The molecule has 0 aliphatic carbocycles. The van der Waals surface area contributed by atoms with Gasteiger partial charge in [-0.1, -0.05) is 133 Å². The normalized spacial score (nSPS) is 20.9. The fraction of sp³-hybridized carbons (Fsp3) is 0.0588. The van der Waals surface area contributed by atoms with Crippen molar-refractivity contribution >= 4 is 22.1 Å². The first-order chi connectivity index (χ1) is 21.1. The molecule has 0 spiro atoms. The number of hydrogen-bond donors (Lipinski definition) is 0. The van der Waals surface area contributed by atoms with Gasteiger partial charge in [0.25, 0.3) is 0 Å². The van der Waals surface area contributed by atoms with Gasteiger partial charge in [-0.25, -0.2) is 0 Å². The van der Waals surface area contributed by atoms with Crippen LogP contribution in [0.5, 0.6) is 0 Å². The average Bonchev–Trinajstić information content (AvgIpc) is 3.16. The van der Waals surface area contributed by atoms with Crippen LogP contribution in [0.3, 0.4) is 0 Å². The Morgan fingerprint density at radius 1 is 0.629 bits per heavy atom. The molecule has 1 aliphatic heterocycles. The Morgan fingerprint density at radius 2 is 1.26 bits per heavy atom. The minimum atomic E-state index is -0.552. The van der Waals surface area contributed by atoms with E-state index in [1.807, 2.05) is 54.6 Å².